The fourth-order valence-corrected chi connectivity index (χ4v) is 3.19. The van der Waals surface area contributed by atoms with Crippen molar-refractivity contribution in [2.24, 2.45) is 0 Å². The summed E-state index contributed by atoms with van der Waals surface area (Å²) in [5.41, 5.74) is 0.385. The standard InChI is InChI=1S/C16H22F3NO/c1-3-10-20-12-8-9-15(2,11-12)13-6-4-5-7-14(13)21-16(17,18)19/h4-7,12,20H,3,8-11H2,1-2H3. The Balaban J connectivity index is 2.18. The number of para-hydroxylation sites is 1. The minimum Gasteiger partial charge on any atom is -0.405 e. The highest BCUT2D eigenvalue weighted by Gasteiger charge is 2.40. The molecule has 1 aromatic rings. The van der Waals surface area contributed by atoms with Crippen LogP contribution < -0.4 is 10.1 Å². The first-order valence-electron chi connectivity index (χ1n) is 7.43. The van der Waals surface area contributed by atoms with Gasteiger partial charge in [-0.1, -0.05) is 32.0 Å². The topological polar surface area (TPSA) is 21.3 Å². The van der Waals surface area contributed by atoms with E-state index in [0.717, 1.165) is 32.2 Å². The van der Waals surface area contributed by atoms with Crippen molar-refractivity contribution in [2.75, 3.05) is 6.54 Å². The molecule has 0 heterocycles. The Labute approximate surface area is 123 Å². The minimum absolute atomic E-state index is 0.0661. The highest BCUT2D eigenvalue weighted by Crippen LogP contribution is 2.45. The van der Waals surface area contributed by atoms with E-state index in [1.54, 1.807) is 18.2 Å². The Bertz CT molecular complexity index is 475. The molecule has 2 nitrogen and oxygen atoms in total. The summed E-state index contributed by atoms with van der Waals surface area (Å²) in [6, 6.07) is 6.88. The van der Waals surface area contributed by atoms with Crippen LogP contribution in [-0.2, 0) is 5.41 Å². The lowest BCUT2D eigenvalue weighted by atomic mass is 9.80. The van der Waals surface area contributed by atoms with Crippen molar-refractivity contribution in [3.8, 4) is 5.75 Å². The highest BCUT2D eigenvalue weighted by atomic mass is 19.4. The smallest absolute Gasteiger partial charge is 0.405 e. The van der Waals surface area contributed by atoms with E-state index < -0.39 is 6.36 Å². The molecule has 0 amide bonds. The number of halogens is 3. The quantitative estimate of drug-likeness (QED) is 0.870. The zero-order valence-corrected chi connectivity index (χ0v) is 12.5. The van der Waals surface area contributed by atoms with Crippen molar-refractivity contribution in [3.05, 3.63) is 29.8 Å². The predicted molar refractivity (Wildman–Crippen MR) is 76.4 cm³/mol. The van der Waals surface area contributed by atoms with Crippen LogP contribution in [0.2, 0.25) is 0 Å². The zero-order chi connectivity index (χ0) is 15.5. The summed E-state index contributed by atoms with van der Waals surface area (Å²) in [6.07, 6.45) is -0.902. The molecular formula is C16H22F3NO. The molecule has 2 rings (SSSR count). The summed E-state index contributed by atoms with van der Waals surface area (Å²) in [6.45, 7) is 5.08. The molecule has 5 heteroatoms. The van der Waals surface area contributed by atoms with Gasteiger partial charge < -0.3 is 10.1 Å². The second kappa shape index (κ2) is 6.26. The van der Waals surface area contributed by atoms with Gasteiger partial charge in [-0.05, 0) is 43.7 Å². The number of nitrogens with one attached hydrogen (secondary N) is 1. The number of hydrogen-bond donors (Lipinski definition) is 1. The summed E-state index contributed by atoms with van der Waals surface area (Å²) in [4.78, 5) is 0. The second-order valence-corrected chi connectivity index (χ2v) is 6.00. The number of rotatable bonds is 5. The molecule has 1 aliphatic carbocycles. The van der Waals surface area contributed by atoms with Crippen molar-refractivity contribution in [2.45, 2.75) is 57.3 Å². The van der Waals surface area contributed by atoms with Gasteiger partial charge >= 0.3 is 6.36 Å². The van der Waals surface area contributed by atoms with E-state index in [4.69, 9.17) is 0 Å². The molecule has 2 atom stereocenters. The van der Waals surface area contributed by atoms with Gasteiger partial charge in [-0.2, -0.15) is 0 Å². The largest absolute Gasteiger partial charge is 0.573 e. The van der Waals surface area contributed by atoms with Gasteiger partial charge in [0.25, 0.3) is 0 Å². The van der Waals surface area contributed by atoms with E-state index in [9.17, 15) is 13.2 Å². The van der Waals surface area contributed by atoms with Gasteiger partial charge in [-0.15, -0.1) is 13.2 Å². The van der Waals surface area contributed by atoms with E-state index in [1.807, 2.05) is 6.92 Å². The van der Waals surface area contributed by atoms with E-state index >= 15 is 0 Å². The zero-order valence-electron chi connectivity index (χ0n) is 12.5. The summed E-state index contributed by atoms with van der Waals surface area (Å²) in [5, 5.41) is 3.46. The van der Waals surface area contributed by atoms with Crippen LogP contribution in [0.5, 0.6) is 5.75 Å². The van der Waals surface area contributed by atoms with Crippen LogP contribution in [-0.4, -0.2) is 18.9 Å². The van der Waals surface area contributed by atoms with Crippen molar-refractivity contribution in [1.82, 2.24) is 5.32 Å². The average molecular weight is 301 g/mol. The van der Waals surface area contributed by atoms with Crippen LogP contribution in [0.4, 0.5) is 13.2 Å². The maximum absolute atomic E-state index is 12.5. The Morgan fingerprint density at radius 2 is 2.05 bits per heavy atom. The number of hydrogen-bond acceptors (Lipinski definition) is 2. The summed E-state index contributed by atoms with van der Waals surface area (Å²) in [5.74, 6) is -0.0661. The Kier molecular flexibility index (Phi) is 4.81. The number of benzene rings is 1. The van der Waals surface area contributed by atoms with Gasteiger partial charge in [0.2, 0.25) is 0 Å². The summed E-state index contributed by atoms with van der Waals surface area (Å²) in [7, 11) is 0. The predicted octanol–water partition coefficient (Wildman–Crippen LogP) is 4.40. The first-order chi connectivity index (χ1) is 9.84. The molecule has 1 aromatic carbocycles. The van der Waals surface area contributed by atoms with Crippen LogP contribution in [0.25, 0.3) is 0 Å². The molecule has 118 valence electrons. The number of alkyl halides is 3. The molecule has 21 heavy (non-hydrogen) atoms. The van der Waals surface area contributed by atoms with Crippen LogP contribution in [0.1, 0.15) is 45.1 Å². The monoisotopic (exact) mass is 301 g/mol. The van der Waals surface area contributed by atoms with Gasteiger partial charge in [0.15, 0.2) is 0 Å². The lowest BCUT2D eigenvalue weighted by molar-refractivity contribution is -0.275. The van der Waals surface area contributed by atoms with E-state index in [1.165, 1.54) is 6.07 Å². The van der Waals surface area contributed by atoms with Gasteiger partial charge in [0.05, 0.1) is 0 Å². The SMILES string of the molecule is CCCNC1CCC(C)(c2ccccc2OC(F)(F)F)C1. The molecule has 0 bridgehead atoms. The molecule has 0 aromatic heterocycles. The fourth-order valence-electron chi connectivity index (χ4n) is 3.19. The van der Waals surface area contributed by atoms with Crippen LogP contribution in [0.15, 0.2) is 24.3 Å². The van der Waals surface area contributed by atoms with Crippen molar-refractivity contribution < 1.29 is 17.9 Å². The maximum atomic E-state index is 12.5. The van der Waals surface area contributed by atoms with Crippen LogP contribution in [0, 0.1) is 0 Å². The molecular weight excluding hydrogens is 279 g/mol. The van der Waals surface area contributed by atoms with Crippen LogP contribution in [0.3, 0.4) is 0 Å². The maximum Gasteiger partial charge on any atom is 0.573 e. The molecule has 1 aliphatic rings. The van der Waals surface area contributed by atoms with Gasteiger partial charge in [0, 0.05) is 11.6 Å². The van der Waals surface area contributed by atoms with Crippen molar-refractivity contribution >= 4 is 0 Å². The summed E-state index contributed by atoms with van der Waals surface area (Å²) < 4.78 is 41.8. The molecule has 2 unspecified atom stereocenters. The third-order valence-electron chi connectivity index (χ3n) is 4.19. The Morgan fingerprint density at radius 3 is 2.71 bits per heavy atom. The molecule has 0 saturated heterocycles. The van der Waals surface area contributed by atoms with Crippen LogP contribution >= 0.6 is 0 Å². The second-order valence-electron chi connectivity index (χ2n) is 6.00. The Morgan fingerprint density at radius 1 is 1.33 bits per heavy atom. The molecule has 1 saturated carbocycles. The first-order valence-corrected chi connectivity index (χ1v) is 7.43. The van der Waals surface area contributed by atoms with E-state index in [2.05, 4.69) is 17.0 Å². The average Bonchev–Trinajstić information content (AvgIpc) is 2.78. The van der Waals surface area contributed by atoms with Gasteiger partial charge in [0.1, 0.15) is 5.75 Å². The third kappa shape index (κ3) is 4.13. The molecule has 1 fully saturated rings. The van der Waals surface area contributed by atoms with Gasteiger partial charge in [-0.3, -0.25) is 0 Å². The van der Waals surface area contributed by atoms with Crippen molar-refractivity contribution in [3.63, 3.8) is 0 Å². The molecule has 0 radical (unpaired) electrons. The summed E-state index contributed by atoms with van der Waals surface area (Å²) >= 11 is 0. The lowest BCUT2D eigenvalue weighted by Crippen LogP contribution is -2.30. The number of ether oxygens (including phenoxy) is 1. The normalized spacial score (nSPS) is 26.0. The fraction of sp³-hybridized carbons (Fsp3) is 0.625. The third-order valence-corrected chi connectivity index (χ3v) is 4.19. The van der Waals surface area contributed by atoms with E-state index in [-0.39, 0.29) is 11.2 Å². The first kappa shape index (κ1) is 16.1. The lowest BCUT2D eigenvalue weighted by Gasteiger charge is -2.27. The Hall–Kier alpha value is -1.23. The molecule has 0 aliphatic heterocycles. The molecule has 0 spiro atoms. The van der Waals surface area contributed by atoms with Gasteiger partial charge in [-0.25, -0.2) is 0 Å². The highest BCUT2D eigenvalue weighted by molar-refractivity contribution is 5.40. The minimum atomic E-state index is -4.65. The van der Waals surface area contributed by atoms with E-state index in [0.29, 0.717) is 11.6 Å². The van der Waals surface area contributed by atoms with Crippen molar-refractivity contribution in [1.29, 1.82) is 0 Å². The molecule has 1 N–H and O–H groups in total.